The van der Waals surface area contributed by atoms with Gasteiger partial charge in [-0.25, -0.2) is 0 Å². The zero-order valence-corrected chi connectivity index (χ0v) is 17.8. The van der Waals surface area contributed by atoms with Crippen LogP contribution in [0, 0.1) is 0 Å². The number of hydrogen-bond acceptors (Lipinski definition) is 2. The van der Waals surface area contributed by atoms with E-state index in [4.69, 9.17) is 0 Å². The van der Waals surface area contributed by atoms with Crippen LogP contribution in [0.1, 0.15) is 11.1 Å². The van der Waals surface area contributed by atoms with Crippen molar-refractivity contribution in [3.63, 3.8) is 0 Å². The Morgan fingerprint density at radius 2 is 1.05 bits per heavy atom. The van der Waals surface area contributed by atoms with Gasteiger partial charge < -0.3 is 9.80 Å². The Bertz CT molecular complexity index is 552. The van der Waals surface area contributed by atoms with Crippen LogP contribution in [0.5, 0.6) is 0 Å². The first-order chi connectivity index (χ1) is 10.4. The van der Waals surface area contributed by atoms with Crippen molar-refractivity contribution in [2.24, 2.45) is 0 Å². The molecule has 2 nitrogen and oxygen atoms in total. The van der Waals surface area contributed by atoms with Gasteiger partial charge in [-0.3, -0.25) is 0 Å². The number of alkyl halides is 2. The minimum Gasteiger partial charge on any atom is -0.378 e. The Kier molecular flexibility index (Phi) is 5.99. The molecule has 2 aromatic carbocycles. The lowest BCUT2D eigenvalue weighted by atomic mass is 9.92. The summed E-state index contributed by atoms with van der Waals surface area (Å²) in [4.78, 5) is 4.27. The third-order valence-electron chi connectivity index (χ3n) is 3.87. The Morgan fingerprint density at radius 3 is 1.27 bits per heavy atom. The van der Waals surface area contributed by atoms with Gasteiger partial charge in [0.05, 0.1) is 3.42 Å². The zero-order chi connectivity index (χ0) is 16.3. The van der Waals surface area contributed by atoms with E-state index in [1.165, 1.54) is 22.5 Å². The molecule has 0 aliphatic carbocycles. The molecule has 0 amide bonds. The molecular formula is C18H22I2N2. The van der Waals surface area contributed by atoms with Gasteiger partial charge in [0.25, 0.3) is 0 Å². The van der Waals surface area contributed by atoms with Crippen LogP contribution < -0.4 is 9.80 Å². The first-order valence-corrected chi connectivity index (χ1v) is 9.79. The van der Waals surface area contributed by atoms with Gasteiger partial charge in [-0.2, -0.15) is 0 Å². The lowest BCUT2D eigenvalue weighted by Crippen LogP contribution is -2.22. The van der Waals surface area contributed by atoms with Crippen LogP contribution in [0.2, 0.25) is 0 Å². The quantitative estimate of drug-likeness (QED) is 0.408. The summed E-state index contributed by atoms with van der Waals surface area (Å²) in [6.07, 6.45) is 0. The van der Waals surface area contributed by atoms with Gasteiger partial charge in [-0.05, 0) is 35.4 Å². The standard InChI is InChI=1S/C18H22I2N2/c1-21(2)16-9-5-14(6-10-16)18(20,13-19)15-7-11-17(12-8-15)22(3)4/h5-12H,13H2,1-4H3. The van der Waals surface area contributed by atoms with Gasteiger partial charge in [0.15, 0.2) is 0 Å². The summed E-state index contributed by atoms with van der Waals surface area (Å²) in [5, 5.41) is 0. The van der Waals surface area contributed by atoms with Crippen LogP contribution in [0.15, 0.2) is 48.5 Å². The van der Waals surface area contributed by atoms with Crippen LogP contribution in [0.4, 0.5) is 11.4 Å². The second kappa shape index (κ2) is 7.38. The molecule has 0 fully saturated rings. The highest BCUT2D eigenvalue weighted by Crippen LogP contribution is 2.41. The van der Waals surface area contributed by atoms with Gasteiger partial charge in [-0.1, -0.05) is 69.4 Å². The van der Waals surface area contributed by atoms with E-state index >= 15 is 0 Å². The van der Waals surface area contributed by atoms with E-state index in [1.807, 2.05) is 0 Å². The van der Waals surface area contributed by atoms with Crippen LogP contribution >= 0.6 is 45.2 Å². The van der Waals surface area contributed by atoms with Crippen molar-refractivity contribution in [3.8, 4) is 0 Å². The van der Waals surface area contributed by atoms with Crippen molar-refractivity contribution in [2.45, 2.75) is 3.42 Å². The van der Waals surface area contributed by atoms with Crippen LogP contribution in [0.25, 0.3) is 0 Å². The average Bonchev–Trinajstić information content (AvgIpc) is 2.54. The fraction of sp³-hybridized carbons (Fsp3) is 0.333. The van der Waals surface area contributed by atoms with Crippen molar-refractivity contribution in [1.29, 1.82) is 0 Å². The summed E-state index contributed by atoms with van der Waals surface area (Å²) in [6, 6.07) is 17.8. The van der Waals surface area contributed by atoms with Gasteiger partial charge >= 0.3 is 0 Å². The van der Waals surface area contributed by atoms with Crippen molar-refractivity contribution in [3.05, 3.63) is 59.7 Å². The highest BCUT2D eigenvalue weighted by atomic mass is 127. The normalized spacial score (nSPS) is 11.4. The van der Waals surface area contributed by atoms with Gasteiger partial charge in [0.2, 0.25) is 0 Å². The number of anilines is 2. The summed E-state index contributed by atoms with van der Waals surface area (Å²) in [7, 11) is 8.30. The fourth-order valence-electron chi connectivity index (χ4n) is 2.37. The molecule has 2 rings (SSSR count). The predicted molar refractivity (Wildman–Crippen MR) is 115 cm³/mol. The van der Waals surface area contributed by atoms with Gasteiger partial charge in [0, 0.05) is 44.0 Å². The maximum absolute atomic E-state index is 2.59. The Hall–Kier alpha value is -0.500. The van der Waals surface area contributed by atoms with Crippen molar-refractivity contribution in [1.82, 2.24) is 0 Å². The number of benzene rings is 2. The van der Waals surface area contributed by atoms with E-state index < -0.39 is 0 Å². The number of rotatable bonds is 5. The summed E-state index contributed by atoms with van der Waals surface area (Å²) in [5.74, 6) is 0. The Morgan fingerprint density at radius 1 is 0.727 bits per heavy atom. The molecule has 118 valence electrons. The first kappa shape index (κ1) is 17.8. The summed E-state index contributed by atoms with van der Waals surface area (Å²) in [5.41, 5.74) is 5.18. The second-order valence-electron chi connectivity index (χ2n) is 5.82. The summed E-state index contributed by atoms with van der Waals surface area (Å²) in [6.45, 7) is 0. The molecule has 0 unspecified atom stereocenters. The van der Waals surface area contributed by atoms with Gasteiger partial charge in [-0.15, -0.1) is 0 Å². The molecular weight excluding hydrogens is 498 g/mol. The van der Waals surface area contributed by atoms with Crippen LogP contribution in [-0.4, -0.2) is 32.6 Å². The fourth-order valence-corrected chi connectivity index (χ4v) is 3.97. The lowest BCUT2D eigenvalue weighted by molar-refractivity contribution is 0.911. The molecule has 0 aromatic heterocycles. The van der Waals surface area contributed by atoms with E-state index in [0.29, 0.717) is 0 Å². The molecule has 0 aliphatic heterocycles. The van der Waals surface area contributed by atoms with Crippen LogP contribution in [-0.2, 0) is 3.42 Å². The smallest absolute Gasteiger partial charge is 0.0807 e. The third kappa shape index (κ3) is 3.69. The molecule has 4 heteroatoms. The molecule has 22 heavy (non-hydrogen) atoms. The van der Waals surface area contributed by atoms with Crippen molar-refractivity contribution in [2.75, 3.05) is 42.4 Å². The zero-order valence-electron chi connectivity index (χ0n) is 13.5. The molecule has 0 aliphatic rings. The average molecular weight is 520 g/mol. The summed E-state index contributed by atoms with van der Waals surface area (Å²) >= 11 is 5.08. The number of nitrogens with zero attached hydrogens (tertiary/aromatic N) is 2. The molecule has 2 aromatic rings. The minimum absolute atomic E-state index is 0.00794. The highest BCUT2D eigenvalue weighted by molar-refractivity contribution is 14.1. The van der Waals surface area contributed by atoms with E-state index in [9.17, 15) is 0 Å². The van der Waals surface area contributed by atoms with E-state index in [1.54, 1.807) is 0 Å². The largest absolute Gasteiger partial charge is 0.378 e. The summed E-state index contributed by atoms with van der Waals surface area (Å²) < 4.78 is 1.04. The number of hydrogen-bond donors (Lipinski definition) is 0. The molecule has 0 atom stereocenters. The topological polar surface area (TPSA) is 6.48 Å². The Balaban J connectivity index is 2.38. The SMILES string of the molecule is CN(C)c1ccc(C(I)(CI)c2ccc(N(C)C)cc2)cc1. The van der Waals surface area contributed by atoms with Crippen molar-refractivity contribution >= 4 is 56.6 Å². The van der Waals surface area contributed by atoms with E-state index in [2.05, 4.69) is 132 Å². The maximum atomic E-state index is 2.59. The van der Waals surface area contributed by atoms with Crippen molar-refractivity contribution < 1.29 is 0 Å². The molecule has 0 spiro atoms. The van der Waals surface area contributed by atoms with E-state index in [-0.39, 0.29) is 3.42 Å². The molecule has 0 saturated carbocycles. The molecule has 0 saturated heterocycles. The second-order valence-corrected chi connectivity index (χ2v) is 8.42. The van der Waals surface area contributed by atoms with Crippen LogP contribution in [0.3, 0.4) is 0 Å². The molecule has 0 bridgehead atoms. The molecule has 0 radical (unpaired) electrons. The minimum atomic E-state index is 0.00794. The van der Waals surface area contributed by atoms with Gasteiger partial charge in [0.1, 0.15) is 0 Å². The Labute approximate surface area is 161 Å². The molecule has 0 heterocycles. The first-order valence-electron chi connectivity index (χ1n) is 7.19. The van der Waals surface area contributed by atoms with E-state index in [0.717, 1.165) is 4.43 Å². The maximum Gasteiger partial charge on any atom is 0.0807 e. The predicted octanol–water partition coefficient (Wildman–Crippen LogP) is 4.93. The monoisotopic (exact) mass is 520 g/mol. The number of halogens is 2. The molecule has 0 N–H and O–H groups in total. The highest BCUT2D eigenvalue weighted by Gasteiger charge is 2.30. The lowest BCUT2D eigenvalue weighted by Gasteiger charge is -2.28. The third-order valence-corrected chi connectivity index (χ3v) is 8.10.